The quantitative estimate of drug-likeness (QED) is 0.314. The molecule has 0 bridgehead atoms. The lowest BCUT2D eigenvalue weighted by molar-refractivity contribution is 0.261. The number of amides is 4. The van der Waals surface area contributed by atoms with Crippen LogP contribution in [-0.4, -0.2) is 32.5 Å². The summed E-state index contributed by atoms with van der Waals surface area (Å²) in [5.41, 5.74) is 1.88. The fraction of sp³-hybridized carbons (Fsp3) is 0.0476. The number of phenols is 4. The highest BCUT2D eigenvalue weighted by molar-refractivity contribution is 6.02. The second-order valence-corrected chi connectivity index (χ2v) is 6.66. The summed E-state index contributed by atoms with van der Waals surface area (Å²) in [5, 5.41) is 48.1. The van der Waals surface area contributed by atoms with Crippen LogP contribution < -0.4 is 21.3 Å². The lowest BCUT2D eigenvalue weighted by Crippen LogP contribution is -2.21. The van der Waals surface area contributed by atoms with Crippen molar-refractivity contribution in [3.8, 4) is 23.0 Å². The van der Waals surface area contributed by atoms with E-state index in [4.69, 9.17) is 0 Å². The van der Waals surface area contributed by atoms with Gasteiger partial charge in [0.15, 0.2) is 0 Å². The lowest BCUT2D eigenvalue weighted by atomic mass is 10.2. The molecular weight excluding hydrogens is 404 g/mol. The molecule has 0 heterocycles. The molecule has 10 heteroatoms. The number of phenolic OH excluding ortho intramolecular Hbond substituents is 4. The molecule has 0 spiro atoms. The van der Waals surface area contributed by atoms with E-state index in [9.17, 15) is 30.0 Å². The molecule has 8 N–H and O–H groups in total. The van der Waals surface area contributed by atoms with Gasteiger partial charge in [-0.2, -0.15) is 0 Å². The Labute approximate surface area is 176 Å². The molecular formula is C21H20N4O6. The number of urea groups is 2. The average molecular weight is 424 g/mol. The van der Waals surface area contributed by atoms with Gasteiger partial charge in [-0.15, -0.1) is 0 Å². The van der Waals surface area contributed by atoms with Crippen LogP contribution in [0.2, 0.25) is 0 Å². The van der Waals surface area contributed by atoms with Gasteiger partial charge in [-0.1, -0.05) is 6.07 Å². The molecule has 10 nitrogen and oxygen atoms in total. The maximum Gasteiger partial charge on any atom is 0.323 e. The van der Waals surface area contributed by atoms with Crippen molar-refractivity contribution in [2.45, 2.75) is 6.92 Å². The SMILES string of the molecule is Cc1ccc(NC(=O)Nc2cc(O)cc(O)c2)cc1NC(=O)Nc1cc(O)cc(O)c1. The Morgan fingerprint density at radius 3 is 1.48 bits per heavy atom. The molecule has 3 aromatic carbocycles. The summed E-state index contributed by atoms with van der Waals surface area (Å²) in [6, 6.07) is 10.9. The molecule has 0 fully saturated rings. The van der Waals surface area contributed by atoms with E-state index in [0.29, 0.717) is 11.4 Å². The number of aromatic hydroxyl groups is 4. The van der Waals surface area contributed by atoms with Crippen molar-refractivity contribution in [2.75, 3.05) is 21.3 Å². The standard InChI is InChI=1S/C21H20N4O6/c1-11-2-3-12(22-20(30)23-13-4-15(26)9-16(27)5-13)8-19(11)25-21(31)24-14-6-17(28)10-18(29)7-14/h2-10,26-29H,1H3,(H2,22,23,30)(H2,24,25,31). The number of hydrogen-bond acceptors (Lipinski definition) is 6. The molecule has 0 atom stereocenters. The van der Waals surface area contributed by atoms with Gasteiger partial charge in [-0.3, -0.25) is 0 Å². The zero-order valence-electron chi connectivity index (χ0n) is 16.3. The third-order valence-electron chi connectivity index (χ3n) is 4.06. The minimum absolute atomic E-state index is 0.189. The van der Waals surface area contributed by atoms with Gasteiger partial charge in [0, 0.05) is 59.1 Å². The van der Waals surface area contributed by atoms with Gasteiger partial charge in [0.05, 0.1) is 0 Å². The Morgan fingerprint density at radius 1 is 0.581 bits per heavy atom. The van der Waals surface area contributed by atoms with E-state index in [-0.39, 0.29) is 34.4 Å². The zero-order chi connectivity index (χ0) is 22.5. The Hall–Kier alpha value is -4.60. The Balaban J connectivity index is 1.66. The number of carbonyl (C=O) groups is 2. The molecule has 0 radical (unpaired) electrons. The monoisotopic (exact) mass is 424 g/mol. The highest BCUT2D eigenvalue weighted by Gasteiger charge is 2.10. The molecule has 160 valence electrons. The maximum absolute atomic E-state index is 12.3. The molecule has 3 rings (SSSR count). The summed E-state index contributed by atoms with van der Waals surface area (Å²) in [7, 11) is 0. The summed E-state index contributed by atoms with van der Waals surface area (Å²) in [4.78, 5) is 24.5. The molecule has 4 amide bonds. The van der Waals surface area contributed by atoms with Crippen molar-refractivity contribution in [3.63, 3.8) is 0 Å². The zero-order valence-corrected chi connectivity index (χ0v) is 16.3. The fourth-order valence-electron chi connectivity index (χ4n) is 2.75. The van der Waals surface area contributed by atoms with Crippen LogP contribution >= 0.6 is 0 Å². The van der Waals surface area contributed by atoms with Crippen LogP contribution in [0.1, 0.15) is 5.56 Å². The van der Waals surface area contributed by atoms with E-state index >= 15 is 0 Å². The molecule has 0 aliphatic heterocycles. The summed E-state index contributed by atoms with van der Waals surface area (Å²) < 4.78 is 0. The van der Waals surface area contributed by atoms with Crippen molar-refractivity contribution in [1.82, 2.24) is 0 Å². The molecule has 0 aromatic heterocycles. The minimum Gasteiger partial charge on any atom is -0.508 e. The highest BCUT2D eigenvalue weighted by Crippen LogP contribution is 2.26. The van der Waals surface area contributed by atoms with Crippen LogP contribution in [-0.2, 0) is 0 Å². The summed E-state index contributed by atoms with van der Waals surface area (Å²) in [6.45, 7) is 1.76. The normalized spacial score (nSPS) is 10.2. The van der Waals surface area contributed by atoms with E-state index in [1.165, 1.54) is 30.3 Å². The third-order valence-corrected chi connectivity index (χ3v) is 4.06. The van der Waals surface area contributed by atoms with E-state index in [1.807, 2.05) is 0 Å². The summed E-state index contributed by atoms with van der Waals surface area (Å²) in [5.74, 6) is -0.820. The fourth-order valence-corrected chi connectivity index (χ4v) is 2.75. The number of hydrogen-bond donors (Lipinski definition) is 8. The van der Waals surface area contributed by atoms with E-state index in [2.05, 4.69) is 21.3 Å². The molecule has 0 saturated heterocycles. The van der Waals surface area contributed by atoms with Crippen LogP contribution in [0.25, 0.3) is 0 Å². The van der Waals surface area contributed by atoms with Gasteiger partial charge in [0.1, 0.15) is 23.0 Å². The smallest absolute Gasteiger partial charge is 0.323 e. The first-order chi connectivity index (χ1) is 14.7. The van der Waals surface area contributed by atoms with E-state index < -0.39 is 12.1 Å². The van der Waals surface area contributed by atoms with E-state index in [0.717, 1.165) is 17.7 Å². The van der Waals surface area contributed by atoms with Gasteiger partial charge >= 0.3 is 12.1 Å². The number of aryl methyl sites for hydroxylation is 1. The largest absolute Gasteiger partial charge is 0.508 e. The Morgan fingerprint density at radius 2 is 1.00 bits per heavy atom. The van der Waals surface area contributed by atoms with Crippen molar-refractivity contribution in [2.24, 2.45) is 0 Å². The first-order valence-electron chi connectivity index (χ1n) is 9.00. The molecule has 0 aliphatic rings. The first kappa shape index (κ1) is 21.1. The Bertz CT molecular complexity index is 1110. The summed E-state index contributed by atoms with van der Waals surface area (Å²) >= 11 is 0. The number of rotatable bonds is 4. The molecule has 0 saturated carbocycles. The van der Waals surface area contributed by atoms with Crippen LogP contribution in [0.15, 0.2) is 54.6 Å². The van der Waals surface area contributed by atoms with Gasteiger partial charge in [0.25, 0.3) is 0 Å². The average Bonchev–Trinajstić information content (AvgIpc) is 2.62. The number of nitrogens with one attached hydrogen (secondary N) is 4. The topological polar surface area (TPSA) is 163 Å². The van der Waals surface area contributed by atoms with Gasteiger partial charge in [-0.25, -0.2) is 9.59 Å². The van der Waals surface area contributed by atoms with Gasteiger partial charge < -0.3 is 41.7 Å². The van der Waals surface area contributed by atoms with Gasteiger partial charge in [-0.05, 0) is 24.6 Å². The third kappa shape index (κ3) is 5.94. The minimum atomic E-state index is -0.625. The predicted molar refractivity (Wildman–Crippen MR) is 116 cm³/mol. The summed E-state index contributed by atoms with van der Waals surface area (Å²) in [6.07, 6.45) is 0. The molecule has 0 unspecified atom stereocenters. The number of anilines is 4. The van der Waals surface area contributed by atoms with Crippen molar-refractivity contribution in [3.05, 3.63) is 60.2 Å². The van der Waals surface area contributed by atoms with Crippen molar-refractivity contribution >= 4 is 34.8 Å². The van der Waals surface area contributed by atoms with Crippen LogP contribution in [0, 0.1) is 6.92 Å². The second-order valence-electron chi connectivity index (χ2n) is 6.66. The number of benzene rings is 3. The highest BCUT2D eigenvalue weighted by atomic mass is 16.3. The van der Waals surface area contributed by atoms with Crippen molar-refractivity contribution < 1.29 is 30.0 Å². The molecule has 31 heavy (non-hydrogen) atoms. The van der Waals surface area contributed by atoms with E-state index in [1.54, 1.807) is 19.1 Å². The van der Waals surface area contributed by atoms with Crippen LogP contribution in [0.4, 0.5) is 32.3 Å². The Kier molecular flexibility index (Phi) is 6.01. The van der Waals surface area contributed by atoms with Crippen LogP contribution in [0.3, 0.4) is 0 Å². The second kappa shape index (κ2) is 8.82. The van der Waals surface area contributed by atoms with Gasteiger partial charge in [0.2, 0.25) is 0 Å². The predicted octanol–water partition coefficient (Wildman–Crippen LogP) is 4.11. The van der Waals surface area contributed by atoms with Crippen LogP contribution in [0.5, 0.6) is 23.0 Å². The van der Waals surface area contributed by atoms with Crippen molar-refractivity contribution in [1.29, 1.82) is 0 Å². The lowest BCUT2D eigenvalue weighted by Gasteiger charge is -2.13. The molecule has 0 aliphatic carbocycles. The maximum atomic E-state index is 12.3. The number of carbonyl (C=O) groups excluding carboxylic acids is 2. The molecule has 3 aromatic rings. The first-order valence-corrected chi connectivity index (χ1v) is 9.00.